The minimum atomic E-state index is -4.06. The molecule has 0 saturated carbocycles. The number of hydrogen-bond acceptors (Lipinski definition) is 2. The van der Waals surface area contributed by atoms with Gasteiger partial charge in [0.1, 0.15) is 0 Å². The molecule has 0 radical (unpaired) electrons. The van der Waals surface area contributed by atoms with Crippen molar-refractivity contribution in [1.29, 1.82) is 0 Å². The Bertz CT molecular complexity index is 373. The summed E-state index contributed by atoms with van der Waals surface area (Å²) in [7, 11) is -4.06. The summed E-state index contributed by atoms with van der Waals surface area (Å²) in [4.78, 5) is -0.105. The molecule has 13 heavy (non-hydrogen) atoms. The molecule has 0 saturated heterocycles. The Morgan fingerprint density at radius 2 is 1.85 bits per heavy atom. The quantitative estimate of drug-likeness (QED) is 0.627. The SMILES string of the molecule is C=C.O=S(=O)(O)c1cccc(Br)c1. The van der Waals surface area contributed by atoms with E-state index >= 15 is 0 Å². The van der Waals surface area contributed by atoms with Crippen molar-refractivity contribution in [2.45, 2.75) is 4.90 Å². The van der Waals surface area contributed by atoms with Crippen molar-refractivity contribution in [1.82, 2.24) is 0 Å². The topological polar surface area (TPSA) is 54.4 Å². The first kappa shape index (κ1) is 12.3. The fourth-order valence-electron chi connectivity index (χ4n) is 0.627. The molecule has 0 amide bonds. The molecule has 0 aliphatic carbocycles. The van der Waals surface area contributed by atoms with Crippen molar-refractivity contribution < 1.29 is 13.0 Å². The lowest BCUT2D eigenvalue weighted by atomic mass is 10.4. The van der Waals surface area contributed by atoms with E-state index in [9.17, 15) is 8.42 Å². The molecule has 0 aliphatic heterocycles. The zero-order valence-electron chi connectivity index (χ0n) is 6.77. The van der Waals surface area contributed by atoms with Gasteiger partial charge in [0.05, 0.1) is 4.90 Å². The van der Waals surface area contributed by atoms with Gasteiger partial charge >= 0.3 is 0 Å². The molecule has 0 bridgehead atoms. The van der Waals surface area contributed by atoms with Gasteiger partial charge in [0.25, 0.3) is 10.1 Å². The highest BCUT2D eigenvalue weighted by Crippen LogP contribution is 2.15. The van der Waals surface area contributed by atoms with Gasteiger partial charge in [-0.2, -0.15) is 8.42 Å². The lowest BCUT2D eigenvalue weighted by molar-refractivity contribution is 0.483. The third-order valence-corrected chi connectivity index (χ3v) is 2.44. The first-order chi connectivity index (χ1) is 6.00. The fraction of sp³-hybridized carbons (Fsp3) is 0. The van der Waals surface area contributed by atoms with Gasteiger partial charge in [-0.05, 0) is 18.2 Å². The van der Waals surface area contributed by atoms with Crippen LogP contribution in [0.25, 0.3) is 0 Å². The number of hydrogen-bond donors (Lipinski definition) is 1. The second-order valence-corrected chi connectivity index (χ2v) is 4.27. The van der Waals surface area contributed by atoms with Gasteiger partial charge in [-0.25, -0.2) is 0 Å². The molecular weight excluding hydrogens is 256 g/mol. The van der Waals surface area contributed by atoms with E-state index in [0.717, 1.165) is 0 Å². The highest BCUT2D eigenvalue weighted by atomic mass is 79.9. The maximum Gasteiger partial charge on any atom is 0.294 e. The third kappa shape index (κ3) is 4.21. The predicted molar refractivity (Wildman–Crippen MR) is 55.2 cm³/mol. The van der Waals surface area contributed by atoms with Crippen molar-refractivity contribution in [2.75, 3.05) is 0 Å². The molecule has 0 unspecified atom stereocenters. The van der Waals surface area contributed by atoms with Crippen LogP contribution in [0.3, 0.4) is 0 Å². The Hall–Kier alpha value is -0.650. The molecule has 1 N–H and O–H groups in total. The molecule has 0 aromatic heterocycles. The highest BCUT2D eigenvalue weighted by Gasteiger charge is 2.07. The van der Waals surface area contributed by atoms with E-state index in [1.54, 1.807) is 6.07 Å². The van der Waals surface area contributed by atoms with Crippen LogP contribution in [0.4, 0.5) is 0 Å². The summed E-state index contributed by atoms with van der Waals surface area (Å²) >= 11 is 3.08. The molecule has 0 aliphatic rings. The van der Waals surface area contributed by atoms with Crippen LogP contribution in [0.15, 0.2) is 46.8 Å². The maximum absolute atomic E-state index is 10.5. The second kappa shape index (κ2) is 5.16. The summed E-state index contributed by atoms with van der Waals surface area (Å²) in [6, 6.07) is 5.86. The Morgan fingerprint density at radius 3 is 2.15 bits per heavy atom. The van der Waals surface area contributed by atoms with E-state index in [4.69, 9.17) is 4.55 Å². The zero-order valence-corrected chi connectivity index (χ0v) is 9.18. The van der Waals surface area contributed by atoms with Crippen molar-refractivity contribution in [3.8, 4) is 0 Å². The van der Waals surface area contributed by atoms with E-state index in [1.165, 1.54) is 18.2 Å². The first-order valence-electron chi connectivity index (χ1n) is 3.23. The predicted octanol–water partition coefficient (Wildman–Crippen LogP) is 2.50. The number of rotatable bonds is 1. The van der Waals surface area contributed by atoms with Gasteiger partial charge in [-0.1, -0.05) is 22.0 Å². The third-order valence-electron chi connectivity index (χ3n) is 1.09. The van der Waals surface area contributed by atoms with Crippen LogP contribution in [-0.2, 0) is 10.1 Å². The van der Waals surface area contributed by atoms with Crippen LogP contribution < -0.4 is 0 Å². The number of halogens is 1. The van der Waals surface area contributed by atoms with E-state index in [0.29, 0.717) is 4.47 Å². The molecule has 0 heterocycles. The summed E-state index contributed by atoms with van der Waals surface area (Å²) in [6.45, 7) is 6.00. The van der Waals surface area contributed by atoms with Crippen molar-refractivity contribution in [3.05, 3.63) is 41.9 Å². The van der Waals surface area contributed by atoms with E-state index < -0.39 is 10.1 Å². The van der Waals surface area contributed by atoms with Gasteiger partial charge < -0.3 is 0 Å². The zero-order chi connectivity index (χ0) is 10.5. The lowest BCUT2D eigenvalue weighted by Gasteiger charge is -1.95. The van der Waals surface area contributed by atoms with Crippen LogP contribution in [0.2, 0.25) is 0 Å². The van der Waals surface area contributed by atoms with Crippen LogP contribution in [-0.4, -0.2) is 13.0 Å². The van der Waals surface area contributed by atoms with Crippen molar-refractivity contribution in [3.63, 3.8) is 0 Å². The second-order valence-electron chi connectivity index (χ2n) is 1.93. The van der Waals surface area contributed by atoms with E-state index in [2.05, 4.69) is 29.1 Å². The van der Waals surface area contributed by atoms with Gasteiger partial charge in [0.15, 0.2) is 0 Å². The Balaban J connectivity index is 0.000000671. The highest BCUT2D eigenvalue weighted by molar-refractivity contribution is 9.10. The smallest absolute Gasteiger partial charge is 0.282 e. The van der Waals surface area contributed by atoms with Crippen LogP contribution in [0.1, 0.15) is 0 Å². The molecular formula is C8H9BrO3S. The summed E-state index contributed by atoms with van der Waals surface area (Å²) in [5.41, 5.74) is 0. The normalized spacial score (nSPS) is 10.0. The molecule has 72 valence electrons. The average Bonchev–Trinajstić information content (AvgIpc) is 2.06. The number of benzene rings is 1. The first-order valence-corrected chi connectivity index (χ1v) is 5.46. The Morgan fingerprint density at radius 1 is 1.31 bits per heavy atom. The average molecular weight is 265 g/mol. The largest absolute Gasteiger partial charge is 0.294 e. The molecule has 3 nitrogen and oxygen atoms in total. The Labute approximate surface area is 86.0 Å². The summed E-state index contributed by atoms with van der Waals surface area (Å²) in [5.74, 6) is 0. The Kier molecular flexibility index (Phi) is 4.90. The van der Waals surface area contributed by atoms with Gasteiger partial charge in [0.2, 0.25) is 0 Å². The van der Waals surface area contributed by atoms with E-state index in [1.807, 2.05) is 0 Å². The molecule has 0 atom stereocenters. The summed E-state index contributed by atoms with van der Waals surface area (Å²) in [6.07, 6.45) is 0. The molecule has 1 aromatic rings. The maximum atomic E-state index is 10.5. The van der Waals surface area contributed by atoms with Crippen LogP contribution in [0, 0.1) is 0 Å². The van der Waals surface area contributed by atoms with Crippen LogP contribution in [0.5, 0.6) is 0 Å². The minimum Gasteiger partial charge on any atom is -0.282 e. The molecule has 0 spiro atoms. The summed E-state index contributed by atoms with van der Waals surface area (Å²) < 4.78 is 30.2. The van der Waals surface area contributed by atoms with Crippen LogP contribution >= 0.6 is 15.9 Å². The monoisotopic (exact) mass is 264 g/mol. The van der Waals surface area contributed by atoms with E-state index in [-0.39, 0.29) is 4.90 Å². The standard InChI is InChI=1S/C6H5BrO3S.C2H4/c7-5-2-1-3-6(4-5)11(8,9)10;1-2/h1-4H,(H,8,9,10);1-2H2. The van der Waals surface area contributed by atoms with Gasteiger partial charge in [0, 0.05) is 4.47 Å². The minimum absolute atomic E-state index is 0.105. The van der Waals surface area contributed by atoms with Crippen molar-refractivity contribution in [2.24, 2.45) is 0 Å². The molecule has 1 rings (SSSR count). The summed E-state index contributed by atoms with van der Waals surface area (Å²) in [5, 5.41) is 0. The van der Waals surface area contributed by atoms with Crippen molar-refractivity contribution >= 4 is 26.0 Å². The van der Waals surface area contributed by atoms with Gasteiger partial charge in [-0.15, -0.1) is 13.2 Å². The fourth-order valence-corrected chi connectivity index (χ4v) is 1.70. The molecule has 0 fully saturated rings. The van der Waals surface area contributed by atoms with Gasteiger partial charge in [-0.3, -0.25) is 4.55 Å². The molecule has 1 aromatic carbocycles. The lowest BCUT2D eigenvalue weighted by Crippen LogP contribution is -1.96. The molecule has 5 heteroatoms.